The normalized spacial score (nSPS) is 13.5. The van der Waals surface area contributed by atoms with E-state index in [0.29, 0.717) is 23.2 Å². The van der Waals surface area contributed by atoms with E-state index in [1.165, 1.54) is 17.8 Å². The Morgan fingerprint density at radius 1 is 1.23 bits per heavy atom. The average molecular weight is 434 g/mol. The van der Waals surface area contributed by atoms with Crippen LogP contribution in [-0.4, -0.2) is 42.7 Å². The minimum Gasteiger partial charge on any atom is -0.311 e. The maximum absolute atomic E-state index is 13.1. The Balaban J connectivity index is 1.43. The molecule has 156 valence electrons. The summed E-state index contributed by atoms with van der Waals surface area (Å²) < 4.78 is 1.68. The summed E-state index contributed by atoms with van der Waals surface area (Å²) in [7, 11) is 0. The summed E-state index contributed by atoms with van der Waals surface area (Å²) in [6.45, 7) is 2.42. The van der Waals surface area contributed by atoms with E-state index >= 15 is 0 Å². The standard InChI is InChI=1S/C21H18N6O3S/c1-13-22-20-16-6-2-3-7-17(16)23-21(26(20)24-13)31-12-19(28)25-10-4-5-14-11-15(27(29)30)8-9-18(14)25/h2-3,6-9,11H,4-5,10,12H2,1H3. The van der Waals surface area contributed by atoms with Crippen LogP contribution in [0.15, 0.2) is 47.6 Å². The van der Waals surface area contributed by atoms with Crippen molar-refractivity contribution < 1.29 is 9.72 Å². The first-order valence-electron chi connectivity index (χ1n) is 9.84. The monoisotopic (exact) mass is 434 g/mol. The number of aryl methyl sites for hydroxylation is 2. The first-order valence-corrected chi connectivity index (χ1v) is 10.8. The lowest BCUT2D eigenvalue weighted by atomic mass is 10.0. The van der Waals surface area contributed by atoms with Crippen molar-refractivity contribution in [2.75, 3.05) is 17.2 Å². The van der Waals surface area contributed by atoms with Gasteiger partial charge in [-0.1, -0.05) is 23.9 Å². The molecule has 10 heteroatoms. The molecule has 0 fully saturated rings. The molecule has 1 amide bonds. The molecule has 0 spiro atoms. The van der Waals surface area contributed by atoms with Crippen LogP contribution >= 0.6 is 11.8 Å². The molecule has 0 saturated heterocycles. The highest BCUT2D eigenvalue weighted by molar-refractivity contribution is 7.99. The Morgan fingerprint density at radius 2 is 2.06 bits per heavy atom. The zero-order valence-corrected chi connectivity index (χ0v) is 17.5. The summed E-state index contributed by atoms with van der Waals surface area (Å²) in [5, 5.41) is 17.0. The second-order valence-electron chi connectivity index (χ2n) is 7.31. The first-order chi connectivity index (χ1) is 15.0. The zero-order chi connectivity index (χ0) is 21.5. The molecule has 0 saturated carbocycles. The number of thioether (sulfide) groups is 1. The van der Waals surface area contributed by atoms with Crippen LogP contribution in [0.5, 0.6) is 0 Å². The highest BCUT2D eigenvalue weighted by Gasteiger charge is 2.25. The molecule has 2 aromatic heterocycles. The Kier molecular flexibility index (Phi) is 4.78. The van der Waals surface area contributed by atoms with Crippen molar-refractivity contribution in [3.8, 4) is 0 Å². The lowest BCUT2D eigenvalue weighted by molar-refractivity contribution is -0.384. The van der Waals surface area contributed by atoms with Gasteiger partial charge in [0.05, 0.1) is 16.2 Å². The predicted molar refractivity (Wildman–Crippen MR) is 118 cm³/mol. The van der Waals surface area contributed by atoms with Crippen LogP contribution < -0.4 is 4.90 Å². The zero-order valence-electron chi connectivity index (χ0n) is 16.7. The van der Waals surface area contributed by atoms with Crippen molar-refractivity contribution in [1.29, 1.82) is 0 Å². The van der Waals surface area contributed by atoms with E-state index in [4.69, 9.17) is 0 Å². The number of aromatic nitrogens is 4. The minimum absolute atomic E-state index is 0.0479. The van der Waals surface area contributed by atoms with Crippen LogP contribution in [-0.2, 0) is 11.2 Å². The van der Waals surface area contributed by atoms with E-state index in [0.717, 1.165) is 35.0 Å². The number of nitro groups is 1. The van der Waals surface area contributed by atoms with Crippen LogP contribution in [0.25, 0.3) is 16.6 Å². The molecule has 31 heavy (non-hydrogen) atoms. The number of carbonyl (C=O) groups excluding carboxylic acids is 1. The lowest BCUT2D eigenvalue weighted by Crippen LogP contribution is -2.36. The number of benzene rings is 2. The van der Waals surface area contributed by atoms with Gasteiger partial charge in [0, 0.05) is 29.8 Å². The largest absolute Gasteiger partial charge is 0.311 e. The molecule has 5 rings (SSSR count). The summed E-state index contributed by atoms with van der Waals surface area (Å²) in [4.78, 5) is 34.6. The van der Waals surface area contributed by atoms with Gasteiger partial charge in [0.1, 0.15) is 5.82 Å². The van der Waals surface area contributed by atoms with Gasteiger partial charge in [-0.3, -0.25) is 14.9 Å². The number of fused-ring (bicyclic) bond motifs is 4. The van der Waals surface area contributed by atoms with Crippen molar-refractivity contribution >= 4 is 45.6 Å². The van der Waals surface area contributed by atoms with Crippen LogP contribution in [0.4, 0.5) is 11.4 Å². The third-order valence-corrected chi connectivity index (χ3v) is 6.19. The fourth-order valence-corrected chi connectivity index (χ4v) is 4.71. The van der Waals surface area contributed by atoms with Gasteiger partial charge in [0.25, 0.3) is 5.69 Å². The van der Waals surface area contributed by atoms with Crippen molar-refractivity contribution in [3.63, 3.8) is 0 Å². The van der Waals surface area contributed by atoms with Gasteiger partial charge in [-0.2, -0.15) is 4.52 Å². The van der Waals surface area contributed by atoms with Crippen LogP contribution in [0.3, 0.4) is 0 Å². The first kappa shape index (κ1) is 19.4. The average Bonchev–Trinajstić information content (AvgIpc) is 3.18. The fraction of sp³-hybridized carbons (Fsp3) is 0.238. The Hall–Kier alpha value is -3.53. The third-order valence-electron chi connectivity index (χ3n) is 5.27. The molecule has 0 atom stereocenters. The molecule has 0 aliphatic carbocycles. The van der Waals surface area contributed by atoms with E-state index in [9.17, 15) is 14.9 Å². The van der Waals surface area contributed by atoms with Crippen LogP contribution in [0.1, 0.15) is 17.8 Å². The lowest BCUT2D eigenvalue weighted by Gasteiger charge is -2.29. The molecule has 1 aliphatic rings. The van der Waals surface area contributed by atoms with Gasteiger partial charge in [-0.25, -0.2) is 9.97 Å². The van der Waals surface area contributed by atoms with Crippen molar-refractivity contribution in [2.45, 2.75) is 24.9 Å². The number of para-hydroxylation sites is 1. The molecule has 0 bridgehead atoms. The molecular weight excluding hydrogens is 416 g/mol. The number of rotatable bonds is 4. The third kappa shape index (κ3) is 3.48. The number of hydrogen-bond donors (Lipinski definition) is 0. The second-order valence-corrected chi connectivity index (χ2v) is 8.26. The van der Waals surface area contributed by atoms with Gasteiger partial charge in [-0.15, -0.1) is 5.10 Å². The van der Waals surface area contributed by atoms with Crippen molar-refractivity contribution in [2.24, 2.45) is 0 Å². The molecule has 4 aromatic rings. The molecule has 3 heterocycles. The SMILES string of the molecule is Cc1nc2c3ccccc3nc(SCC(=O)N3CCCc4cc([N+](=O)[O-])ccc43)n2n1. The number of nitro benzene ring substituents is 1. The molecule has 0 unspecified atom stereocenters. The molecular formula is C21H18N6O3S. The van der Waals surface area contributed by atoms with Crippen LogP contribution in [0, 0.1) is 17.0 Å². The summed E-state index contributed by atoms with van der Waals surface area (Å²) in [5.41, 5.74) is 3.14. The number of carbonyl (C=O) groups is 1. The Morgan fingerprint density at radius 3 is 2.90 bits per heavy atom. The van der Waals surface area contributed by atoms with Gasteiger partial charge < -0.3 is 4.90 Å². The summed E-state index contributed by atoms with van der Waals surface area (Å²) >= 11 is 1.31. The van der Waals surface area contributed by atoms with Crippen molar-refractivity contribution in [1.82, 2.24) is 19.6 Å². The van der Waals surface area contributed by atoms with E-state index in [2.05, 4.69) is 15.1 Å². The number of non-ortho nitro benzene ring substituents is 1. The number of nitrogens with zero attached hydrogens (tertiary/aromatic N) is 6. The number of hydrogen-bond acceptors (Lipinski definition) is 7. The van der Waals surface area contributed by atoms with Crippen LogP contribution in [0.2, 0.25) is 0 Å². The van der Waals surface area contributed by atoms with Crippen molar-refractivity contribution in [3.05, 3.63) is 64.0 Å². The molecule has 1 aliphatic heterocycles. The predicted octanol–water partition coefficient (Wildman–Crippen LogP) is 3.57. The van der Waals surface area contributed by atoms with Gasteiger partial charge >= 0.3 is 0 Å². The highest BCUT2D eigenvalue weighted by atomic mass is 32.2. The molecule has 0 N–H and O–H groups in total. The van der Waals surface area contributed by atoms with E-state index < -0.39 is 4.92 Å². The van der Waals surface area contributed by atoms with Gasteiger partial charge in [0.15, 0.2) is 10.8 Å². The van der Waals surface area contributed by atoms with E-state index in [-0.39, 0.29) is 17.3 Å². The molecule has 9 nitrogen and oxygen atoms in total. The number of anilines is 1. The summed E-state index contributed by atoms with van der Waals surface area (Å²) in [6, 6.07) is 12.4. The second kappa shape index (κ2) is 7.62. The van der Waals surface area contributed by atoms with Gasteiger partial charge in [-0.05, 0) is 43.5 Å². The molecule has 0 radical (unpaired) electrons. The quantitative estimate of drug-likeness (QED) is 0.209. The Labute approximate surface area is 181 Å². The minimum atomic E-state index is -0.409. The topological polar surface area (TPSA) is 107 Å². The summed E-state index contributed by atoms with van der Waals surface area (Å²) in [6.07, 6.45) is 1.49. The summed E-state index contributed by atoms with van der Waals surface area (Å²) in [5.74, 6) is 0.744. The molecule has 2 aromatic carbocycles. The number of amides is 1. The smallest absolute Gasteiger partial charge is 0.269 e. The fourth-order valence-electron chi connectivity index (χ4n) is 3.89. The maximum Gasteiger partial charge on any atom is 0.269 e. The Bertz CT molecular complexity index is 1350. The van der Waals surface area contributed by atoms with Gasteiger partial charge in [0.2, 0.25) is 5.91 Å². The highest BCUT2D eigenvalue weighted by Crippen LogP contribution is 2.31. The maximum atomic E-state index is 13.1. The van der Waals surface area contributed by atoms with E-state index in [1.807, 2.05) is 31.2 Å². The van der Waals surface area contributed by atoms with E-state index in [1.54, 1.807) is 21.5 Å².